The summed E-state index contributed by atoms with van der Waals surface area (Å²) in [4.78, 5) is 6.72. The van der Waals surface area contributed by atoms with E-state index in [9.17, 15) is 5.11 Å². The molecule has 4 rings (SSSR count). The Hall–Kier alpha value is -1.88. The van der Waals surface area contributed by atoms with Crippen LogP contribution in [0.1, 0.15) is 32.1 Å². The van der Waals surface area contributed by atoms with Gasteiger partial charge in [-0.05, 0) is 25.2 Å². The number of hydrogen-bond donors (Lipinski definition) is 1. The first-order valence-electron chi connectivity index (χ1n) is 8.53. The minimum absolute atomic E-state index is 0.000791. The second kappa shape index (κ2) is 5.96. The first-order valence-corrected chi connectivity index (χ1v) is 8.53. The monoisotopic (exact) mass is 313 g/mol. The van der Waals surface area contributed by atoms with E-state index >= 15 is 0 Å². The summed E-state index contributed by atoms with van der Waals surface area (Å²) in [6.45, 7) is 1.99. The molecule has 1 aliphatic heterocycles. The average Bonchev–Trinajstić information content (AvgIpc) is 3.27. The van der Waals surface area contributed by atoms with Gasteiger partial charge in [-0.15, -0.1) is 0 Å². The zero-order chi connectivity index (χ0) is 15.7. The molecule has 1 aromatic heterocycles. The number of aliphatic hydroxyl groups excluding tert-OH is 1. The highest BCUT2D eigenvalue weighted by molar-refractivity contribution is 5.55. The largest absolute Gasteiger partial charge is 0.396 e. The van der Waals surface area contributed by atoms with Crippen LogP contribution >= 0.6 is 0 Å². The van der Waals surface area contributed by atoms with Gasteiger partial charge in [-0.2, -0.15) is 4.98 Å². The molecule has 1 aliphatic carbocycles. The van der Waals surface area contributed by atoms with Gasteiger partial charge in [-0.25, -0.2) is 0 Å². The van der Waals surface area contributed by atoms with Gasteiger partial charge in [0.2, 0.25) is 5.82 Å². The fraction of sp³-hybridized carbons (Fsp3) is 0.556. The molecule has 1 saturated heterocycles. The maximum absolute atomic E-state index is 9.97. The van der Waals surface area contributed by atoms with Gasteiger partial charge in [0.05, 0.1) is 6.61 Å². The molecule has 5 heteroatoms. The molecule has 0 amide bonds. The number of hydrogen-bond acceptors (Lipinski definition) is 5. The minimum Gasteiger partial charge on any atom is -0.396 e. The van der Waals surface area contributed by atoms with Gasteiger partial charge in [0, 0.05) is 24.1 Å². The van der Waals surface area contributed by atoms with E-state index < -0.39 is 0 Å². The Balaban J connectivity index is 1.52. The SMILES string of the molecule is OC[C@]1(CC2CC2)CCCN(c2nc(-c3ccccc3)no2)C1. The maximum atomic E-state index is 9.97. The molecule has 1 atom stereocenters. The summed E-state index contributed by atoms with van der Waals surface area (Å²) in [5, 5.41) is 14.1. The second-order valence-corrected chi connectivity index (χ2v) is 7.10. The van der Waals surface area contributed by atoms with E-state index in [2.05, 4.69) is 15.0 Å². The molecular formula is C18H23N3O2. The van der Waals surface area contributed by atoms with Gasteiger partial charge < -0.3 is 14.5 Å². The Bertz CT molecular complexity index is 653. The van der Waals surface area contributed by atoms with Gasteiger partial charge in [0.15, 0.2) is 0 Å². The lowest BCUT2D eigenvalue weighted by Gasteiger charge is -2.41. The van der Waals surface area contributed by atoms with E-state index in [1.54, 1.807) is 0 Å². The van der Waals surface area contributed by atoms with Crippen LogP contribution in [0.4, 0.5) is 6.01 Å². The van der Waals surface area contributed by atoms with Crippen molar-refractivity contribution in [2.45, 2.75) is 32.1 Å². The molecule has 0 radical (unpaired) electrons. The summed E-state index contributed by atoms with van der Waals surface area (Å²) in [6, 6.07) is 10.5. The van der Waals surface area contributed by atoms with Crippen LogP contribution in [0.2, 0.25) is 0 Å². The predicted molar refractivity (Wildman–Crippen MR) is 88.0 cm³/mol. The van der Waals surface area contributed by atoms with Gasteiger partial charge >= 0.3 is 6.01 Å². The van der Waals surface area contributed by atoms with Crippen molar-refractivity contribution in [2.75, 3.05) is 24.6 Å². The molecule has 5 nitrogen and oxygen atoms in total. The number of aliphatic hydroxyl groups is 1. The topological polar surface area (TPSA) is 62.4 Å². The van der Waals surface area contributed by atoms with Crippen molar-refractivity contribution in [1.29, 1.82) is 0 Å². The smallest absolute Gasteiger partial charge is 0.324 e. The van der Waals surface area contributed by atoms with Crippen LogP contribution in [0.25, 0.3) is 11.4 Å². The maximum Gasteiger partial charge on any atom is 0.324 e. The van der Waals surface area contributed by atoms with E-state index in [1.807, 2.05) is 30.3 Å². The van der Waals surface area contributed by atoms with Crippen LogP contribution in [-0.4, -0.2) is 34.9 Å². The lowest BCUT2D eigenvalue weighted by molar-refractivity contribution is 0.0883. The van der Waals surface area contributed by atoms with Gasteiger partial charge in [-0.1, -0.05) is 48.3 Å². The summed E-state index contributed by atoms with van der Waals surface area (Å²) >= 11 is 0. The third-order valence-corrected chi connectivity index (χ3v) is 5.13. The number of nitrogens with zero attached hydrogens (tertiary/aromatic N) is 3. The van der Waals surface area contributed by atoms with Gasteiger partial charge in [0.1, 0.15) is 0 Å². The van der Waals surface area contributed by atoms with E-state index in [0.29, 0.717) is 11.8 Å². The van der Waals surface area contributed by atoms with Crippen molar-refractivity contribution in [2.24, 2.45) is 11.3 Å². The summed E-state index contributed by atoms with van der Waals surface area (Å²) in [5.74, 6) is 1.44. The summed E-state index contributed by atoms with van der Waals surface area (Å²) in [6.07, 6.45) is 5.92. The second-order valence-electron chi connectivity index (χ2n) is 7.10. The third-order valence-electron chi connectivity index (χ3n) is 5.13. The van der Waals surface area contributed by atoms with Gasteiger partial charge in [0.25, 0.3) is 0 Å². The van der Waals surface area contributed by atoms with Crippen molar-refractivity contribution in [3.63, 3.8) is 0 Å². The van der Waals surface area contributed by atoms with E-state index in [1.165, 1.54) is 12.8 Å². The molecule has 1 aromatic carbocycles. The Morgan fingerprint density at radius 2 is 2.09 bits per heavy atom. The van der Waals surface area contributed by atoms with E-state index in [4.69, 9.17) is 4.52 Å². The molecule has 1 saturated carbocycles. The molecule has 0 bridgehead atoms. The zero-order valence-electron chi connectivity index (χ0n) is 13.3. The normalized spacial score (nSPS) is 24.8. The number of aromatic nitrogens is 2. The molecule has 2 fully saturated rings. The molecule has 2 aromatic rings. The molecular weight excluding hydrogens is 290 g/mol. The molecule has 23 heavy (non-hydrogen) atoms. The number of benzene rings is 1. The lowest BCUT2D eigenvalue weighted by atomic mass is 9.76. The predicted octanol–water partition coefficient (Wildman–Crippen LogP) is 3.12. The minimum atomic E-state index is 0.000791. The van der Waals surface area contributed by atoms with Crippen molar-refractivity contribution in [3.8, 4) is 11.4 Å². The number of rotatable bonds is 5. The van der Waals surface area contributed by atoms with Crippen molar-refractivity contribution < 1.29 is 9.63 Å². The van der Waals surface area contributed by atoms with E-state index in [-0.39, 0.29) is 12.0 Å². The Morgan fingerprint density at radius 3 is 2.83 bits per heavy atom. The Morgan fingerprint density at radius 1 is 1.26 bits per heavy atom. The fourth-order valence-corrected chi connectivity index (χ4v) is 3.71. The highest BCUT2D eigenvalue weighted by Gasteiger charge is 2.40. The number of anilines is 1. The molecule has 1 N–H and O–H groups in total. The number of piperidine rings is 1. The van der Waals surface area contributed by atoms with Crippen LogP contribution in [0, 0.1) is 11.3 Å². The third kappa shape index (κ3) is 3.11. The van der Waals surface area contributed by atoms with Crippen LogP contribution in [0.15, 0.2) is 34.9 Å². The van der Waals surface area contributed by atoms with Crippen LogP contribution in [0.3, 0.4) is 0 Å². The van der Waals surface area contributed by atoms with Crippen LogP contribution in [0.5, 0.6) is 0 Å². The lowest BCUT2D eigenvalue weighted by Crippen LogP contribution is -2.46. The highest BCUT2D eigenvalue weighted by Crippen LogP contribution is 2.45. The quantitative estimate of drug-likeness (QED) is 0.919. The molecule has 0 spiro atoms. The molecule has 122 valence electrons. The molecule has 2 aliphatic rings. The highest BCUT2D eigenvalue weighted by atomic mass is 16.5. The summed E-state index contributed by atoms with van der Waals surface area (Å²) < 4.78 is 5.50. The summed E-state index contributed by atoms with van der Waals surface area (Å²) in [5.41, 5.74) is 0.965. The van der Waals surface area contributed by atoms with Crippen LogP contribution in [-0.2, 0) is 0 Å². The van der Waals surface area contributed by atoms with Crippen LogP contribution < -0.4 is 4.90 Å². The van der Waals surface area contributed by atoms with Crippen molar-refractivity contribution in [1.82, 2.24) is 10.1 Å². The van der Waals surface area contributed by atoms with E-state index in [0.717, 1.165) is 43.8 Å². The Kier molecular flexibility index (Phi) is 3.81. The average molecular weight is 313 g/mol. The first-order chi connectivity index (χ1) is 11.3. The molecule has 0 unspecified atom stereocenters. The standard InChI is InChI=1S/C18H23N3O2/c22-13-18(11-14-7-8-14)9-4-10-21(12-18)17-19-16(20-23-17)15-5-2-1-3-6-15/h1-3,5-6,14,22H,4,7-13H2/t18-/m0/s1. The van der Waals surface area contributed by atoms with Gasteiger partial charge in [-0.3, -0.25) is 0 Å². The van der Waals surface area contributed by atoms with Crippen molar-refractivity contribution >= 4 is 6.01 Å². The Labute approximate surface area is 136 Å². The zero-order valence-corrected chi connectivity index (χ0v) is 13.3. The fourth-order valence-electron chi connectivity index (χ4n) is 3.71. The molecule has 2 heterocycles. The van der Waals surface area contributed by atoms with Crippen molar-refractivity contribution in [3.05, 3.63) is 30.3 Å². The summed E-state index contributed by atoms with van der Waals surface area (Å²) in [7, 11) is 0. The first kappa shape index (κ1) is 14.7.